The van der Waals surface area contributed by atoms with Crippen LogP contribution in [0.15, 0.2) is 66.7 Å². The van der Waals surface area contributed by atoms with Gasteiger partial charge in [0.15, 0.2) is 0 Å². The van der Waals surface area contributed by atoms with Crippen molar-refractivity contribution < 1.29 is 9.35 Å². The lowest BCUT2D eigenvalue weighted by Crippen LogP contribution is -2.50. The van der Waals surface area contributed by atoms with Crippen molar-refractivity contribution in [1.29, 1.82) is 0 Å². The number of nitro groups is 1. The molecule has 6 heteroatoms. The molecule has 0 spiro atoms. The molecule has 0 amide bonds. The molecule has 0 N–H and O–H groups in total. The predicted molar refractivity (Wildman–Crippen MR) is 161 cm³/mol. The highest BCUT2D eigenvalue weighted by Crippen LogP contribution is 2.45. The van der Waals surface area contributed by atoms with Gasteiger partial charge in [0.05, 0.1) is 15.8 Å². The maximum absolute atomic E-state index is 11.7. The van der Waals surface area contributed by atoms with Crippen LogP contribution in [0.2, 0.25) is 16.6 Å². The van der Waals surface area contributed by atoms with Gasteiger partial charge in [0.25, 0.3) is 14.0 Å². The van der Waals surface area contributed by atoms with Crippen LogP contribution in [0.1, 0.15) is 58.4 Å². The van der Waals surface area contributed by atoms with E-state index in [1.807, 2.05) is 32.0 Å². The topological polar surface area (TPSA) is 57.3 Å². The molecule has 4 aromatic rings. The van der Waals surface area contributed by atoms with Gasteiger partial charge in [0, 0.05) is 23.9 Å². The molecule has 1 heterocycles. The van der Waals surface area contributed by atoms with Gasteiger partial charge in [-0.05, 0) is 65.4 Å². The van der Waals surface area contributed by atoms with Crippen LogP contribution < -0.4 is 4.43 Å². The van der Waals surface area contributed by atoms with Crippen molar-refractivity contribution in [3.63, 3.8) is 0 Å². The van der Waals surface area contributed by atoms with Crippen LogP contribution in [0.5, 0.6) is 5.75 Å². The summed E-state index contributed by atoms with van der Waals surface area (Å²) in [5, 5.41) is 12.4. The van der Waals surface area contributed by atoms with Gasteiger partial charge in [0.1, 0.15) is 5.75 Å². The standard InChI is InChI=1S/C32H40N2O3Si/c1-21(2)38(22(3)4,23(5)6)37-31-17-15-26(19-28(31)27-12-10-9-11-13-27)20-33-25(8)18-29-30(34(35)36)16-14-24(7)32(29)33/h9-19,21-23H,20H2,1-8H3. The minimum absolute atomic E-state index is 0.151. The molecule has 0 aliphatic rings. The second-order valence-electron chi connectivity index (χ2n) is 11.4. The number of fused-ring (bicyclic) bond motifs is 1. The molecule has 0 aliphatic heterocycles. The van der Waals surface area contributed by atoms with E-state index >= 15 is 0 Å². The Morgan fingerprint density at radius 1 is 0.868 bits per heavy atom. The van der Waals surface area contributed by atoms with Crippen LogP contribution in [0.25, 0.3) is 22.0 Å². The maximum atomic E-state index is 11.7. The zero-order valence-corrected chi connectivity index (χ0v) is 24.9. The summed E-state index contributed by atoms with van der Waals surface area (Å²) in [5.74, 6) is 0.948. The van der Waals surface area contributed by atoms with Gasteiger partial charge in [0.2, 0.25) is 0 Å². The molecule has 0 bridgehead atoms. The number of benzene rings is 3. The summed E-state index contributed by atoms with van der Waals surface area (Å²) < 4.78 is 9.37. The highest BCUT2D eigenvalue weighted by Gasteiger charge is 2.47. The van der Waals surface area contributed by atoms with E-state index in [-0.39, 0.29) is 10.6 Å². The number of aryl methyl sites for hydroxylation is 2. The summed E-state index contributed by atoms with van der Waals surface area (Å²) >= 11 is 0. The van der Waals surface area contributed by atoms with Gasteiger partial charge in [-0.1, -0.05) is 84.0 Å². The first kappa shape index (κ1) is 27.6. The van der Waals surface area contributed by atoms with Crippen LogP contribution in [0, 0.1) is 24.0 Å². The van der Waals surface area contributed by atoms with Crippen molar-refractivity contribution in [3.8, 4) is 16.9 Å². The molecule has 0 radical (unpaired) electrons. The average molecular weight is 529 g/mol. The van der Waals surface area contributed by atoms with Gasteiger partial charge in [-0.25, -0.2) is 0 Å². The van der Waals surface area contributed by atoms with Gasteiger partial charge in [-0.3, -0.25) is 10.1 Å². The molecule has 5 nitrogen and oxygen atoms in total. The van der Waals surface area contributed by atoms with Gasteiger partial charge < -0.3 is 8.99 Å². The highest BCUT2D eigenvalue weighted by atomic mass is 28.4. The summed E-state index contributed by atoms with van der Waals surface area (Å²) in [6, 6.07) is 22.4. The van der Waals surface area contributed by atoms with E-state index in [0.29, 0.717) is 28.6 Å². The Balaban J connectivity index is 1.85. The lowest BCUT2D eigenvalue weighted by atomic mass is 10.0. The van der Waals surface area contributed by atoms with Gasteiger partial charge in [-0.15, -0.1) is 0 Å². The van der Waals surface area contributed by atoms with Gasteiger partial charge >= 0.3 is 0 Å². The second kappa shape index (κ2) is 10.8. The number of nitro benzene ring substituents is 1. The van der Waals surface area contributed by atoms with Crippen molar-refractivity contribution in [2.75, 3.05) is 0 Å². The molecule has 0 fully saturated rings. The lowest BCUT2D eigenvalue weighted by molar-refractivity contribution is -0.383. The number of hydrogen-bond acceptors (Lipinski definition) is 3. The summed E-state index contributed by atoms with van der Waals surface area (Å²) in [6.45, 7) is 18.5. The summed E-state index contributed by atoms with van der Waals surface area (Å²) in [4.78, 5) is 11.4. The fourth-order valence-corrected chi connectivity index (χ4v) is 11.6. The Morgan fingerprint density at radius 3 is 2.08 bits per heavy atom. The molecular formula is C32H40N2O3Si. The molecule has 0 aliphatic carbocycles. The Hall–Kier alpha value is -3.38. The van der Waals surface area contributed by atoms with E-state index in [2.05, 4.69) is 88.6 Å². The first-order chi connectivity index (χ1) is 18.0. The Labute approximate surface area is 227 Å². The molecular weight excluding hydrogens is 488 g/mol. The summed E-state index contributed by atoms with van der Waals surface area (Å²) in [7, 11) is -2.15. The van der Waals surface area contributed by atoms with Crippen molar-refractivity contribution >= 4 is 24.9 Å². The number of rotatable bonds is 9. The zero-order chi connectivity index (χ0) is 27.8. The Bertz CT molecular complexity index is 1430. The third kappa shape index (κ3) is 4.89. The maximum Gasteiger partial charge on any atom is 0.278 e. The van der Waals surface area contributed by atoms with E-state index in [9.17, 15) is 10.1 Å². The smallest absolute Gasteiger partial charge is 0.278 e. The van der Waals surface area contributed by atoms with E-state index in [1.54, 1.807) is 6.07 Å². The third-order valence-corrected chi connectivity index (χ3v) is 14.1. The van der Waals surface area contributed by atoms with Crippen molar-refractivity contribution in [3.05, 3.63) is 93.7 Å². The van der Waals surface area contributed by atoms with Crippen molar-refractivity contribution in [2.24, 2.45) is 0 Å². The van der Waals surface area contributed by atoms with Gasteiger partial charge in [-0.2, -0.15) is 0 Å². The van der Waals surface area contributed by atoms with Crippen LogP contribution in [0.4, 0.5) is 5.69 Å². The Kier molecular flexibility index (Phi) is 7.84. The molecule has 38 heavy (non-hydrogen) atoms. The minimum atomic E-state index is -2.15. The normalized spacial score (nSPS) is 12.2. The molecule has 0 saturated heterocycles. The highest BCUT2D eigenvalue weighted by molar-refractivity contribution is 6.78. The summed E-state index contributed by atoms with van der Waals surface area (Å²) in [5.41, 5.74) is 7.88. The number of nitrogens with zero attached hydrogens (tertiary/aromatic N) is 2. The first-order valence-electron chi connectivity index (χ1n) is 13.6. The fraction of sp³-hybridized carbons (Fsp3) is 0.375. The molecule has 3 aromatic carbocycles. The molecule has 200 valence electrons. The monoisotopic (exact) mass is 528 g/mol. The molecule has 0 atom stereocenters. The quantitative estimate of drug-likeness (QED) is 0.123. The molecule has 0 unspecified atom stereocenters. The van der Waals surface area contributed by atoms with Crippen molar-refractivity contribution in [2.45, 2.75) is 78.6 Å². The zero-order valence-electron chi connectivity index (χ0n) is 23.9. The van der Waals surface area contributed by atoms with Crippen LogP contribution >= 0.6 is 0 Å². The molecule has 1 aromatic heterocycles. The number of hydrogen-bond donors (Lipinski definition) is 0. The number of non-ortho nitro benzene ring substituents is 1. The van der Waals surface area contributed by atoms with Crippen LogP contribution in [0.3, 0.4) is 0 Å². The average Bonchev–Trinajstić information content (AvgIpc) is 3.19. The predicted octanol–water partition coefficient (Wildman–Crippen LogP) is 9.44. The molecule has 4 rings (SSSR count). The molecule has 0 saturated carbocycles. The second-order valence-corrected chi connectivity index (χ2v) is 16.8. The third-order valence-electron chi connectivity index (χ3n) is 8.10. The van der Waals surface area contributed by atoms with Crippen LogP contribution in [-0.2, 0) is 6.54 Å². The van der Waals surface area contributed by atoms with E-state index in [0.717, 1.165) is 39.2 Å². The van der Waals surface area contributed by atoms with E-state index in [4.69, 9.17) is 4.43 Å². The summed E-state index contributed by atoms with van der Waals surface area (Å²) in [6.07, 6.45) is 0. The lowest BCUT2D eigenvalue weighted by Gasteiger charge is -2.42. The SMILES string of the molecule is Cc1ccc([N+](=O)[O-])c2cc(C)n(Cc3ccc(O[Si](C(C)C)(C(C)C)C(C)C)c(-c4ccccc4)c3)c12. The van der Waals surface area contributed by atoms with E-state index in [1.165, 1.54) is 0 Å². The van der Waals surface area contributed by atoms with Crippen molar-refractivity contribution in [1.82, 2.24) is 4.57 Å². The Morgan fingerprint density at radius 2 is 1.50 bits per heavy atom. The minimum Gasteiger partial charge on any atom is -0.542 e. The fourth-order valence-electron chi connectivity index (χ4n) is 6.37. The number of aromatic nitrogens is 1. The van der Waals surface area contributed by atoms with E-state index < -0.39 is 8.32 Å². The largest absolute Gasteiger partial charge is 0.542 e. The van der Waals surface area contributed by atoms with Crippen LogP contribution in [-0.4, -0.2) is 17.8 Å². The first-order valence-corrected chi connectivity index (χ1v) is 15.7.